The monoisotopic (exact) mass is 211 g/mol. The fourth-order valence-corrected chi connectivity index (χ4v) is 1.21. The van der Waals surface area contributed by atoms with Crippen LogP contribution in [0.2, 0.25) is 0 Å². The van der Waals surface area contributed by atoms with Crippen LogP contribution in [-0.4, -0.2) is 34.2 Å². The van der Waals surface area contributed by atoms with Crippen LogP contribution in [0.5, 0.6) is 5.75 Å². The molecule has 0 unspecified atom stereocenters. The molecule has 15 heavy (non-hydrogen) atoms. The van der Waals surface area contributed by atoms with Crippen molar-refractivity contribution >= 4 is 11.9 Å². The Balaban J connectivity index is 3.56. The molecule has 2 N–H and O–H groups in total. The van der Waals surface area contributed by atoms with Gasteiger partial charge < -0.3 is 14.9 Å². The number of aromatic carboxylic acids is 2. The zero-order valence-corrected chi connectivity index (χ0v) is 8.14. The third kappa shape index (κ3) is 1.88. The fraction of sp³-hybridized carbons (Fsp3) is 0.222. The van der Waals surface area contributed by atoms with Gasteiger partial charge >= 0.3 is 11.9 Å². The Kier molecular flexibility index (Phi) is 2.89. The smallest absolute Gasteiger partial charge is 0.340 e. The number of aromatic nitrogens is 1. The van der Waals surface area contributed by atoms with Gasteiger partial charge in [0.1, 0.15) is 5.56 Å². The third-order valence-corrected chi connectivity index (χ3v) is 1.86. The predicted molar refractivity (Wildman–Crippen MR) is 49.4 cm³/mol. The van der Waals surface area contributed by atoms with Gasteiger partial charge in [0.25, 0.3) is 0 Å². The molecule has 0 aromatic carbocycles. The molecule has 0 saturated heterocycles. The van der Waals surface area contributed by atoms with Crippen LogP contribution in [0.1, 0.15) is 26.4 Å². The van der Waals surface area contributed by atoms with Crippen molar-refractivity contribution in [1.29, 1.82) is 0 Å². The van der Waals surface area contributed by atoms with Crippen molar-refractivity contribution < 1.29 is 24.5 Å². The van der Waals surface area contributed by atoms with E-state index in [4.69, 9.17) is 14.9 Å². The molecule has 0 aliphatic heterocycles. The molecule has 1 aromatic rings. The Labute approximate surface area is 85.1 Å². The second kappa shape index (κ2) is 3.95. The molecular formula is C9H9NO5. The number of methoxy groups -OCH3 is 1. The van der Waals surface area contributed by atoms with Crippen molar-refractivity contribution in [3.8, 4) is 5.75 Å². The number of pyridine rings is 1. The highest BCUT2D eigenvalue weighted by atomic mass is 16.5. The summed E-state index contributed by atoms with van der Waals surface area (Å²) in [7, 11) is 1.27. The molecule has 0 bridgehead atoms. The molecule has 80 valence electrons. The zero-order valence-electron chi connectivity index (χ0n) is 8.14. The highest BCUT2D eigenvalue weighted by molar-refractivity contribution is 6.03. The zero-order chi connectivity index (χ0) is 11.6. The van der Waals surface area contributed by atoms with E-state index in [1.54, 1.807) is 0 Å². The first-order valence-corrected chi connectivity index (χ1v) is 3.99. The van der Waals surface area contributed by atoms with E-state index in [0.29, 0.717) is 5.69 Å². The molecule has 0 aliphatic carbocycles. The van der Waals surface area contributed by atoms with E-state index < -0.39 is 11.9 Å². The van der Waals surface area contributed by atoms with Crippen LogP contribution in [0, 0.1) is 6.92 Å². The maximum Gasteiger partial charge on any atom is 0.340 e. The van der Waals surface area contributed by atoms with E-state index in [0.717, 1.165) is 6.20 Å². The maximum atomic E-state index is 10.9. The third-order valence-electron chi connectivity index (χ3n) is 1.86. The molecule has 6 heteroatoms. The van der Waals surface area contributed by atoms with Gasteiger partial charge in [0.05, 0.1) is 18.4 Å². The van der Waals surface area contributed by atoms with E-state index in [9.17, 15) is 9.59 Å². The van der Waals surface area contributed by atoms with E-state index in [1.165, 1.54) is 14.0 Å². The highest BCUT2D eigenvalue weighted by Gasteiger charge is 2.23. The number of carboxylic acids is 2. The van der Waals surface area contributed by atoms with Gasteiger partial charge in [-0.2, -0.15) is 0 Å². The number of rotatable bonds is 3. The molecular weight excluding hydrogens is 202 g/mol. The van der Waals surface area contributed by atoms with Crippen molar-refractivity contribution in [2.45, 2.75) is 6.92 Å². The molecule has 0 fully saturated rings. The first-order chi connectivity index (χ1) is 6.99. The standard InChI is InChI=1S/C9H9NO5/c1-4-7(15-2)6(9(13)14)5(3-10-4)8(11)12/h3H,1-2H3,(H,11,12)(H,13,14). The normalized spacial score (nSPS) is 9.73. The Morgan fingerprint density at radius 3 is 2.33 bits per heavy atom. The minimum absolute atomic E-state index is 0.0256. The Bertz CT molecular complexity index is 427. The number of carboxylic acid groups (broad SMARTS) is 2. The van der Waals surface area contributed by atoms with Gasteiger partial charge in [0, 0.05) is 6.20 Å². The lowest BCUT2D eigenvalue weighted by Crippen LogP contribution is -2.12. The lowest BCUT2D eigenvalue weighted by molar-refractivity contribution is 0.0647. The van der Waals surface area contributed by atoms with Crippen molar-refractivity contribution in [3.63, 3.8) is 0 Å². The summed E-state index contributed by atoms with van der Waals surface area (Å²) in [6.07, 6.45) is 1.00. The van der Waals surface area contributed by atoms with E-state index in [2.05, 4.69) is 4.98 Å². The molecule has 1 rings (SSSR count). The van der Waals surface area contributed by atoms with Gasteiger partial charge in [0.2, 0.25) is 0 Å². The second-order valence-electron chi connectivity index (χ2n) is 2.78. The average molecular weight is 211 g/mol. The van der Waals surface area contributed by atoms with Crippen LogP contribution in [0.4, 0.5) is 0 Å². The molecule has 0 spiro atoms. The SMILES string of the molecule is COc1c(C)ncc(C(=O)O)c1C(=O)O. The number of hydrogen-bond donors (Lipinski definition) is 2. The van der Waals surface area contributed by atoms with Crippen LogP contribution >= 0.6 is 0 Å². The lowest BCUT2D eigenvalue weighted by atomic mass is 10.1. The fourth-order valence-electron chi connectivity index (χ4n) is 1.21. The van der Waals surface area contributed by atoms with Crippen molar-refractivity contribution in [3.05, 3.63) is 23.0 Å². The van der Waals surface area contributed by atoms with Gasteiger partial charge in [-0.1, -0.05) is 0 Å². The van der Waals surface area contributed by atoms with Gasteiger partial charge in [-0.05, 0) is 6.92 Å². The van der Waals surface area contributed by atoms with E-state index >= 15 is 0 Å². The molecule has 0 radical (unpaired) electrons. The summed E-state index contributed by atoms with van der Waals surface area (Å²) in [4.78, 5) is 25.4. The first kappa shape index (κ1) is 11.0. The summed E-state index contributed by atoms with van der Waals surface area (Å²) in [5.41, 5.74) is -0.428. The van der Waals surface area contributed by atoms with Gasteiger partial charge in [0.15, 0.2) is 5.75 Å². The average Bonchev–Trinajstić information content (AvgIpc) is 2.16. The Morgan fingerprint density at radius 2 is 1.93 bits per heavy atom. The van der Waals surface area contributed by atoms with Crippen molar-refractivity contribution in [2.75, 3.05) is 7.11 Å². The number of ether oxygens (including phenoxy) is 1. The molecule has 0 amide bonds. The quantitative estimate of drug-likeness (QED) is 0.767. The predicted octanol–water partition coefficient (Wildman–Crippen LogP) is 0.795. The summed E-state index contributed by atoms with van der Waals surface area (Å²) in [6, 6.07) is 0. The Morgan fingerprint density at radius 1 is 1.33 bits per heavy atom. The van der Waals surface area contributed by atoms with Crippen LogP contribution in [0.15, 0.2) is 6.20 Å². The minimum atomic E-state index is -1.35. The molecule has 0 aliphatic rings. The summed E-state index contributed by atoms with van der Waals surface area (Å²) >= 11 is 0. The van der Waals surface area contributed by atoms with Crippen LogP contribution in [-0.2, 0) is 0 Å². The van der Waals surface area contributed by atoms with Crippen LogP contribution in [0.25, 0.3) is 0 Å². The Hall–Kier alpha value is -2.11. The molecule has 1 heterocycles. The van der Waals surface area contributed by atoms with Gasteiger partial charge in [-0.25, -0.2) is 9.59 Å². The van der Waals surface area contributed by atoms with Crippen molar-refractivity contribution in [2.24, 2.45) is 0 Å². The molecule has 0 saturated carbocycles. The second-order valence-corrected chi connectivity index (χ2v) is 2.78. The number of aryl methyl sites for hydroxylation is 1. The number of carbonyl (C=O) groups is 2. The number of hydrogen-bond acceptors (Lipinski definition) is 4. The first-order valence-electron chi connectivity index (χ1n) is 3.99. The molecule has 1 aromatic heterocycles. The van der Waals surface area contributed by atoms with Crippen molar-refractivity contribution in [1.82, 2.24) is 4.98 Å². The summed E-state index contributed by atoms with van der Waals surface area (Å²) < 4.78 is 4.82. The lowest BCUT2D eigenvalue weighted by Gasteiger charge is -2.09. The molecule has 6 nitrogen and oxygen atoms in total. The largest absolute Gasteiger partial charge is 0.494 e. The highest BCUT2D eigenvalue weighted by Crippen LogP contribution is 2.24. The maximum absolute atomic E-state index is 10.9. The topological polar surface area (TPSA) is 96.7 Å². The molecule has 0 atom stereocenters. The summed E-state index contributed by atoms with van der Waals surface area (Å²) in [6.45, 7) is 1.54. The van der Waals surface area contributed by atoms with E-state index in [-0.39, 0.29) is 16.9 Å². The van der Waals surface area contributed by atoms with Crippen LogP contribution in [0.3, 0.4) is 0 Å². The van der Waals surface area contributed by atoms with E-state index in [1.807, 2.05) is 0 Å². The number of nitrogens with zero attached hydrogens (tertiary/aromatic N) is 1. The van der Waals surface area contributed by atoms with Gasteiger partial charge in [-0.3, -0.25) is 4.98 Å². The van der Waals surface area contributed by atoms with Gasteiger partial charge in [-0.15, -0.1) is 0 Å². The minimum Gasteiger partial charge on any atom is -0.494 e. The summed E-state index contributed by atoms with van der Waals surface area (Å²) in [5, 5.41) is 17.6. The van der Waals surface area contributed by atoms with Crippen LogP contribution < -0.4 is 4.74 Å². The summed E-state index contributed by atoms with van der Waals surface area (Å²) in [5.74, 6) is -2.73.